The van der Waals surface area contributed by atoms with Crippen molar-refractivity contribution in [1.29, 1.82) is 0 Å². The molecule has 0 fully saturated rings. The molecule has 0 atom stereocenters. The molecule has 0 radical (unpaired) electrons. The molecule has 15 heavy (non-hydrogen) atoms. The second-order valence-corrected chi connectivity index (χ2v) is 4.68. The zero-order valence-corrected chi connectivity index (χ0v) is 10.1. The van der Waals surface area contributed by atoms with E-state index in [1.807, 2.05) is 0 Å². The van der Waals surface area contributed by atoms with Crippen molar-refractivity contribution >= 4 is 23.2 Å². The summed E-state index contributed by atoms with van der Waals surface area (Å²) in [4.78, 5) is 8.66. The van der Waals surface area contributed by atoms with Gasteiger partial charge in [-0.2, -0.15) is 0 Å². The van der Waals surface area contributed by atoms with Crippen LogP contribution in [0.1, 0.15) is 43.5 Å². The van der Waals surface area contributed by atoms with Gasteiger partial charge in [0.2, 0.25) is 0 Å². The minimum absolute atomic E-state index is 0.342. The van der Waals surface area contributed by atoms with Gasteiger partial charge in [0.05, 0.1) is 11.4 Å². The highest BCUT2D eigenvalue weighted by atomic mass is 35.5. The van der Waals surface area contributed by atoms with Gasteiger partial charge in [0, 0.05) is 0 Å². The van der Waals surface area contributed by atoms with E-state index in [-0.39, 0.29) is 0 Å². The molecule has 2 rings (SSSR count). The van der Waals surface area contributed by atoms with E-state index in [0.717, 1.165) is 24.2 Å². The zero-order valence-electron chi connectivity index (χ0n) is 8.60. The maximum Gasteiger partial charge on any atom is 0.166 e. The predicted molar refractivity (Wildman–Crippen MR) is 62.5 cm³/mol. The lowest BCUT2D eigenvalue weighted by Gasteiger charge is -2.07. The largest absolute Gasteiger partial charge is 0.236 e. The Bertz CT molecular complexity index is 320. The van der Waals surface area contributed by atoms with Gasteiger partial charge >= 0.3 is 0 Å². The van der Waals surface area contributed by atoms with E-state index >= 15 is 0 Å². The van der Waals surface area contributed by atoms with Crippen molar-refractivity contribution in [3.63, 3.8) is 0 Å². The van der Waals surface area contributed by atoms with Crippen molar-refractivity contribution < 1.29 is 0 Å². The van der Waals surface area contributed by atoms with Gasteiger partial charge in [-0.1, -0.05) is 42.5 Å². The second-order valence-electron chi connectivity index (χ2n) is 3.97. The van der Waals surface area contributed by atoms with E-state index < -0.39 is 0 Å². The van der Waals surface area contributed by atoms with Crippen LogP contribution in [0.5, 0.6) is 0 Å². The minimum Gasteiger partial charge on any atom is -0.236 e. The Morgan fingerprint density at radius 2 is 1.07 bits per heavy atom. The third kappa shape index (κ3) is 2.82. The highest BCUT2D eigenvalue weighted by Crippen LogP contribution is 2.23. The molecule has 0 bridgehead atoms. The van der Waals surface area contributed by atoms with Crippen molar-refractivity contribution in [3.05, 3.63) is 21.7 Å². The molecule has 0 spiro atoms. The first-order valence-electron chi connectivity index (χ1n) is 5.48. The van der Waals surface area contributed by atoms with E-state index in [1.165, 1.54) is 32.1 Å². The fourth-order valence-electron chi connectivity index (χ4n) is 1.97. The fourth-order valence-corrected chi connectivity index (χ4v) is 2.26. The van der Waals surface area contributed by atoms with Crippen molar-refractivity contribution in [2.24, 2.45) is 0 Å². The Balaban J connectivity index is 2.29. The van der Waals surface area contributed by atoms with Crippen molar-refractivity contribution in [2.45, 2.75) is 44.9 Å². The Morgan fingerprint density at radius 3 is 1.53 bits per heavy atom. The summed E-state index contributed by atoms with van der Waals surface area (Å²) in [5.41, 5.74) is 2.10. The quantitative estimate of drug-likeness (QED) is 0.694. The molecular formula is C11H14Cl2N2. The molecule has 0 saturated heterocycles. The molecule has 0 N–H and O–H groups in total. The van der Waals surface area contributed by atoms with E-state index in [2.05, 4.69) is 9.97 Å². The van der Waals surface area contributed by atoms with Crippen LogP contribution < -0.4 is 0 Å². The molecule has 0 aromatic carbocycles. The molecule has 0 unspecified atom stereocenters. The normalized spacial score (nSPS) is 17.5. The molecule has 1 aromatic heterocycles. The van der Waals surface area contributed by atoms with Gasteiger partial charge in [-0.15, -0.1) is 0 Å². The van der Waals surface area contributed by atoms with Crippen LogP contribution in [0.25, 0.3) is 0 Å². The summed E-state index contributed by atoms with van der Waals surface area (Å²) in [5, 5.41) is 0.685. The Hall–Kier alpha value is -0.340. The van der Waals surface area contributed by atoms with Gasteiger partial charge in [0.1, 0.15) is 0 Å². The van der Waals surface area contributed by atoms with Gasteiger partial charge in [-0.25, -0.2) is 9.97 Å². The summed E-state index contributed by atoms with van der Waals surface area (Å²) in [6.07, 6.45) is 8.20. The van der Waals surface area contributed by atoms with E-state index in [1.54, 1.807) is 0 Å². The summed E-state index contributed by atoms with van der Waals surface area (Å²) < 4.78 is 0. The van der Waals surface area contributed by atoms with Crippen LogP contribution in [-0.4, -0.2) is 9.97 Å². The van der Waals surface area contributed by atoms with Gasteiger partial charge in [0.25, 0.3) is 0 Å². The first-order chi connectivity index (χ1) is 7.27. The van der Waals surface area contributed by atoms with Crippen LogP contribution in [0.15, 0.2) is 0 Å². The van der Waals surface area contributed by atoms with Gasteiger partial charge in [-0.3, -0.25) is 0 Å². The monoisotopic (exact) mass is 244 g/mol. The summed E-state index contributed by atoms with van der Waals surface area (Å²) in [5.74, 6) is 0. The van der Waals surface area contributed by atoms with Crippen molar-refractivity contribution in [1.82, 2.24) is 9.97 Å². The Morgan fingerprint density at radius 1 is 0.667 bits per heavy atom. The number of hydrogen-bond donors (Lipinski definition) is 0. The minimum atomic E-state index is 0.342. The lowest BCUT2D eigenvalue weighted by Crippen LogP contribution is -2.02. The number of halogens is 2. The number of rotatable bonds is 0. The average molecular weight is 245 g/mol. The smallest absolute Gasteiger partial charge is 0.166 e. The summed E-state index contributed by atoms with van der Waals surface area (Å²) in [7, 11) is 0. The highest BCUT2D eigenvalue weighted by Gasteiger charge is 2.12. The lowest BCUT2D eigenvalue weighted by molar-refractivity contribution is 0.627. The molecule has 0 amide bonds. The van der Waals surface area contributed by atoms with Gasteiger partial charge < -0.3 is 0 Å². The third-order valence-electron chi connectivity index (χ3n) is 2.80. The summed E-state index contributed by atoms with van der Waals surface area (Å²) in [6.45, 7) is 0. The highest BCUT2D eigenvalue weighted by molar-refractivity contribution is 6.40. The standard InChI is InChI=1S/C11H14Cl2N2/c12-10-11(13)15-9-7-5-3-1-2-4-6-8(9)14-10/h1-7H2. The van der Waals surface area contributed by atoms with Crippen molar-refractivity contribution in [3.8, 4) is 0 Å². The van der Waals surface area contributed by atoms with Gasteiger partial charge in [-0.05, 0) is 25.7 Å². The molecule has 1 aliphatic carbocycles. The molecule has 82 valence electrons. The molecule has 4 heteroatoms. The van der Waals surface area contributed by atoms with Crippen LogP contribution in [0, 0.1) is 0 Å². The van der Waals surface area contributed by atoms with Gasteiger partial charge in [0.15, 0.2) is 10.3 Å². The lowest BCUT2D eigenvalue weighted by atomic mass is 10.1. The van der Waals surface area contributed by atoms with E-state index in [9.17, 15) is 0 Å². The van der Waals surface area contributed by atoms with Crippen LogP contribution in [-0.2, 0) is 12.8 Å². The van der Waals surface area contributed by atoms with Crippen LogP contribution in [0.3, 0.4) is 0 Å². The fraction of sp³-hybridized carbons (Fsp3) is 0.636. The van der Waals surface area contributed by atoms with Crippen LogP contribution in [0.4, 0.5) is 0 Å². The van der Waals surface area contributed by atoms with E-state index in [4.69, 9.17) is 23.2 Å². The topological polar surface area (TPSA) is 25.8 Å². The summed E-state index contributed by atoms with van der Waals surface area (Å²) in [6, 6.07) is 0. The first-order valence-corrected chi connectivity index (χ1v) is 6.24. The maximum absolute atomic E-state index is 5.87. The molecule has 1 heterocycles. The molecule has 0 saturated carbocycles. The molecule has 1 aliphatic rings. The number of aromatic nitrogens is 2. The Labute approximate surface area is 100 Å². The zero-order chi connectivity index (χ0) is 10.7. The number of nitrogens with zero attached hydrogens (tertiary/aromatic N) is 2. The maximum atomic E-state index is 5.87. The third-order valence-corrected chi connectivity index (χ3v) is 3.42. The SMILES string of the molecule is Clc1nc2c(nc1Cl)CCCCCCC2. The van der Waals surface area contributed by atoms with Crippen LogP contribution >= 0.6 is 23.2 Å². The molecule has 1 aromatic rings. The predicted octanol–water partition coefficient (Wildman–Crippen LogP) is 3.83. The second kappa shape index (κ2) is 5.13. The first kappa shape index (κ1) is 11.2. The average Bonchev–Trinajstić information content (AvgIpc) is 2.31. The van der Waals surface area contributed by atoms with Crippen LogP contribution in [0.2, 0.25) is 10.3 Å². The van der Waals surface area contributed by atoms with E-state index in [0.29, 0.717) is 10.3 Å². The molecule has 0 aliphatic heterocycles. The number of hydrogen-bond acceptors (Lipinski definition) is 2. The Kier molecular flexibility index (Phi) is 3.81. The summed E-state index contributed by atoms with van der Waals surface area (Å²) >= 11 is 11.7. The number of aryl methyl sites for hydroxylation is 2. The van der Waals surface area contributed by atoms with Crippen molar-refractivity contribution in [2.75, 3.05) is 0 Å². The number of fused-ring (bicyclic) bond motifs is 1. The molecular weight excluding hydrogens is 231 g/mol. The molecule has 2 nitrogen and oxygen atoms in total.